The SMILES string of the molecule is CC(C)C(NC(=O)c1ccncc1)c1cc(=O)[nH]c(-c2cccnc2)n1. The maximum Gasteiger partial charge on any atom is 0.251 e. The van der Waals surface area contributed by atoms with Gasteiger partial charge in [0.15, 0.2) is 0 Å². The number of nitrogens with one attached hydrogen (secondary N) is 2. The Bertz CT molecular complexity index is 939. The highest BCUT2D eigenvalue weighted by molar-refractivity contribution is 5.94. The molecule has 0 saturated heterocycles. The molecule has 7 heteroatoms. The van der Waals surface area contributed by atoms with Crippen molar-refractivity contribution in [3.8, 4) is 11.4 Å². The zero-order chi connectivity index (χ0) is 18.5. The van der Waals surface area contributed by atoms with Crippen molar-refractivity contribution in [3.05, 3.63) is 76.7 Å². The number of H-pyrrole nitrogens is 1. The smallest absolute Gasteiger partial charge is 0.251 e. The van der Waals surface area contributed by atoms with Gasteiger partial charge in [-0.15, -0.1) is 0 Å². The molecule has 0 radical (unpaired) electrons. The number of hydrogen-bond acceptors (Lipinski definition) is 5. The molecule has 1 amide bonds. The van der Waals surface area contributed by atoms with Gasteiger partial charge in [0.2, 0.25) is 0 Å². The summed E-state index contributed by atoms with van der Waals surface area (Å²) in [5, 5.41) is 2.96. The number of rotatable bonds is 5. The molecule has 0 fully saturated rings. The highest BCUT2D eigenvalue weighted by Gasteiger charge is 2.22. The molecule has 0 aliphatic heterocycles. The third-order valence-electron chi connectivity index (χ3n) is 3.91. The first-order valence-electron chi connectivity index (χ1n) is 8.27. The number of aromatic amines is 1. The van der Waals surface area contributed by atoms with Gasteiger partial charge in [-0.25, -0.2) is 4.98 Å². The van der Waals surface area contributed by atoms with Crippen molar-refractivity contribution >= 4 is 5.91 Å². The Morgan fingerprint density at radius 2 is 1.88 bits per heavy atom. The predicted molar refractivity (Wildman–Crippen MR) is 97.4 cm³/mol. The van der Waals surface area contributed by atoms with Crippen LogP contribution in [-0.4, -0.2) is 25.8 Å². The van der Waals surface area contributed by atoms with Crippen LogP contribution in [0.2, 0.25) is 0 Å². The van der Waals surface area contributed by atoms with E-state index in [1.165, 1.54) is 6.07 Å². The first kappa shape index (κ1) is 17.5. The van der Waals surface area contributed by atoms with Crippen LogP contribution < -0.4 is 10.9 Å². The number of amides is 1. The van der Waals surface area contributed by atoms with Gasteiger partial charge < -0.3 is 10.3 Å². The van der Waals surface area contributed by atoms with Gasteiger partial charge in [-0.3, -0.25) is 19.6 Å². The Balaban J connectivity index is 1.95. The number of aromatic nitrogens is 4. The van der Waals surface area contributed by atoms with Crippen LogP contribution in [0.5, 0.6) is 0 Å². The predicted octanol–water partition coefficient (Wildman–Crippen LogP) is 2.35. The Morgan fingerprint density at radius 3 is 2.54 bits per heavy atom. The molecule has 0 aliphatic rings. The molecule has 3 rings (SSSR count). The van der Waals surface area contributed by atoms with Crippen molar-refractivity contribution in [2.75, 3.05) is 0 Å². The van der Waals surface area contributed by atoms with Crippen LogP contribution >= 0.6 is 0 Å². The fraction of sp³-hybridized carbons (Fsp3) is 0.211. The Kier molecular flexibility index (Phi) is 5.17. The maximum atomic E-state index is 12.5. The lowest BCUT2D eigenvalue weighted by atomic mass is 10.00. The lowest BCUT2D eigenvalue weighted by Gasteiger charge is -2.22. The molecule has 1 atom stereocenters. The van der Waals surface area contributed by atoms with Crippen molar-refractivity contribution < 1.29 is 4.79 Å². The van der Waals surface area contributed by atoms with E-state index in [-0.39, 0.29) is 17.4 Å². The van der Waals surface area contributed by atoms with Crippen LogP contribution in [0.1, 0.15) is 35.9 Å². The molecule has 7 nitrogen and oxygen atoms in total. The third-order valence-corrected chi connectivity index (χ3v) is 3.91. The normalized spacial score (nSPS) is 12.0. The number of hydrogen-bond donors (Lipinski definition) is 2. The van der Waals surface area contributed by atoms with Crippen LogP contribution in [-0.2, 0) is 0 Å². The number of pyridine rings is 2. The molecule has 3 heterocycles. The monoisotopic (exact) mass is 349 g/mol. The van der Waals surface area contributed by atoms with Crippen molar-refractivity contribution in [3.63, 3.8) is 0 Å². The molecule has 26 heavy (non-hydrogen) atoms. The molecular formula is C19H19N5O2. The molecule has 0 saturated carbocycles. The summed E-state index contributed by atoms with van der Waals surface area (Å²) in [4.78, 5) is 39.9. The highest BCUT2D eigenvalue weighted by Crippen LogP contribution is 2.21. The van der Waals surface area contributed by atoms with E-state index in [0.29, 0.717) is 22.6 Å². The fourth-order valence-electron chi connectivity index (χ4n) is 2.59. The van der Waals surface area contributed by atoms with Gasteiger partial charge >= 0.3 is 0 Å². The van der Waals surface area contributed by atoms with E-state index in [1.54, 1.807) is 43.0 Å². The summed E-state index contributed by atoms with van der Waals surface area (Å²) in [5.74, 6) is 0.220. The molecule has 3 aromatic rings. The van der Waals surface area contributed by atoms with Crippen LogP contribution in [0.3, 0.4) is 0 Å². The zero-order valence-electron chi connectivity index (χ0n) is 14.5. The van der Waals surface area contributed by atoms with Crippen LogP contribution in [0, 0.1) is 5.92 Å². The Labute approximate surface area is 150 Å². The molecule has 0 aromatic carbocycles. The minimum absolute atomic E-state index is 0.0387. The lowest BCUT2D eigenvalue weighted by molar-refractivity contribution is 0.0924. The van der Waals surface area contributed by atoms with Gasteiger partial charge in [0, 0.05) is 42.0 Å². The summed E-state index contributed by atoms with van der Waals surface area (Å²) in [6.45, 7) is 3.92. The molecule has 1 unspecified atom stereocenters. The molecule has 0 spiro atoms. The van der Waals surface area contributed by atoms with Gasteiger partial charge in [-0.05, 0) is 30.2 Å². The van der Waals surface area contributed by atoms with Gasteiger partial charge in [0.1, 0.15) is 5.82 Å². The van der Waals surface area contributed by atoms with Crippen LogP contribution in [0.25, 0.3) is 11.4 Å². The minimum atomic E-state index is -0.409. The van der Waals surface area contributed by atoms with Crippen LogP contribution in [0.4, 0.5) is 0 Å². The van der Waals surface area contributed by atoms with Crippen molar-refractivity contribution in [1.29, 1.82) is 0 Å². The average Bonchev–Trinajstić information content (AvgIpc) is 2.66. The van der Waals surface area contributed by atoms with Gasteiger partial charge in [0.05, 0.1) is 11.7 Å². The standard InChI is InChI=1S/C19H19N5O2/c1-12(2)17(24-19(26)13-5-8-20-9-6-13)15-10-16(25)23-18(22-15)14-4-3-7-21-11-14/h3-12,17H,1-2H3,(H,24,26)(H,22,23,25). The molecular weight excluding hydrogens is 330 g/mol. The van der Waals surface area contributed by atoms with E-state index in [9.17, 15) is 9.59 Å². The second kappa shape index (κ2) is 7.69. The average molecular weight is 349 g/mol. The van der Waals surface area contributed by atoms with E-state index in [1.807, 2.05) is 19.9 Å². The van der Waals surface area contributed by atoms with Crippen LogP contribution in [0.15, 0.2) is 59.9 Å². The highest BCUT2D eigenvalue weighted by atomic mass is 16.1. The third kappa shape index (κ3) is 4.00. The molecule has 2 N–H and O–H groups in total. The van der Waals surface area contributed by atoms with Crippen molar-refractivity contribution in [2.24, 2.45) is 5.92 Å². The summed E-state index contributed by atoms with van der Waals surface area (Å²) in [6, 6.07) is 7.87. The first-order valence-corrected chi connectivity index (χ1v) is 8.27. The fourth-order valence-corrected chi connectivity index (χ4v) is 2.59. The summed E-state index contributed by atoms with van der Waals surface area (Å²) < 4.78 is 0. The number of carbonyl (C=O) groups is 1. The molecule has 0 bridgehead atoms. The zero-order valence-corrected chi connectivity index (χ0v) is 14.5. The quantitative estimate of drug-likeness (QED) is 0.736. The van der Waals surface area contributed by atoms with E-state index in [2.05, 4.69) is 25.3 Å². The van der Waals surface area contributed by atoms with E-state index < -0.39 is 6.04 Å². The molecule has 0 aliphatic carbocycles. The summed E-state index contributed by atoms with van der Waals surface area (Å²) in [5.41, 5.74) is 1.43. The first-order chi connectivity index (χ1) is 12.5. The number of nitrogens with zero attached hydrogens (tertiary/aromatic N) is 3. The summed E-state index contributed by atoms with van der Waals surface area (Å²) in [6.07, 6.45) is 6.40. The van der Waals surface area contributed by atoms with Gasteiger partial charge in [-0.2, -0.15) is 0 Å². The Morgan fingerprint density at radius 1 is 1.12 bits per heavy atom. The lowest BCUT2D eigenvalue weighted by Crippen LogP contribution is -2.33. The maximum absolute atomic E-state index is 12.5. The van der Waals surface area contributed by atoms with E-state index >= 15 is 0 Å². The molecule has 3 aromatic heterocycles. The topological polar surface area (TPSA) is 101 Å². The summed E-state index contributed by atoms with van der Waals surface area (Å²) >= 11 is 0. The molecule has 132 valence electrons. The van der Waals surface area contributed by atoms with E-state index in [4.69, 9.17) is 0 Å². The number of carbonyl (C=O) groups excluding carboxylic acids is 1. The Hall–Kier alpha value is -3.35. The summed E-state index contributed by atoms with van der Waals surface area (Å²) in [7, 11) is 0. The van der Waals surface area contributed by atoms with Gasteiger partial charge in [0.25, 0.3) is 11.5 Å². The van der Waals surface area contributed by atoms with Crippen molar-refractivity contribution in [1.82, 2.24) is 25.3 Å². The van der Waals surface area contributed by atoms with Gasteiger partial charge in [-0.1, -0.05) is 13.8 Å². The van der Waals surface area contributed by atoms with Crippen molar-refractivity contribution in [2.45, 2.75) is 19.9 Å². The second-order valence-corrected chi connectivity index (χ2v) is 6.19. The minimum Gasteiger partial charge on any atom is -0.343 e. The van der Waals surface area contributed by atoms with E-state index in [0.717, 1.165) is 0 Å². The second-order valence-electron chi connectivity index (χ2n) is 6.19. The largest absolute Gasteiger partial charge is 0.343 e.